The van der Waals surface area contributed by atoms with Crippen LogP contribution in [0.3, 0.4) is 0 Å². The van der Waals surface area contributed by atoms with Crippen molar-refractivity contribution in [2.24, 2.45) is 23.7 Å². The van der Waals surface area contributed by atoms with E-state index in [1.165, 1.54) is 25.9 Å². The number of hydrogen-bond donors (Lipinski definition) is 1. The van der Waals surface area contributed by atoms with E-state index in [-0.39, 0.29) is 0 Å². The molecule has 0 aromatic heterocycles. The Morgan fingerprint density at radius 1 is 1.08 bits per heavy atom. The van der Waals surface area contributed by atoms with E-state index in [0.29, 0.717) is 0 Å². The standard InChI is InChI=1S/C12H19N/c1-7(2)12-8-3-4-9(12)11-6-13-5-10(8)11/h8-11,13H,3-6H2,1-2H3/t8-,9+,10-,11+. The minimum absolute atomic E-state index is 0.968. The van der Waals surface area contributed by atoms with Crippen LogP contribution in [0.2, 0.25) is 0 Å². The van der Waals surface area contributed by atoms with Crippen LogP contribution in [0, 0.1) is 23.7 Å². The van der Waals surface area contributed by atoms with Gasteiger partial charge in [0.2, 0.25) is 0 Å². The smallest absolute Gasteiger partial charge is 0.00113 e. The summed E-state index contributed by atoms with van der Waals surface area (Å²) in [7, 11) is 0. The zero-order valence-corrected chi connectivity index (χ0v) is 8.64. The topological polar surface area (TPSA) is 12.0 Å². The van der Waals surface area contributed by atoms with Crippen molar-refractivity contribution in [2.45, 2.75) is 26.7 Å². The van der Waals surface area contributed by atoms with E-state index in [0.717, 1.165) is 23.7 Å². The predicted octanol–water partition coefficient (Wildman–Crippen LogP) is 2.20. The average Bonchev–Trinajstić information content (AvgIpc) is 2.75. The van der Waals surface area contributed by atoms with Crippen LogP contribution in [0.15, 0.2) is 11.1 Å². The van der Waals surface area contributed by atoms with Gasteiger partial charge in [-0.3, -0.25) is 0 Å². The largest absolute Gasteiger partial charge is 0.316 e. The Kier molecular flexibility index (Phi) is 1.61. The molecule has 0 aromatic rings. The van der Waals surface area contributed by atoms with E-state index < -0.39 is 0 Å². The Balaban J connectivity index is 2.01. The van der Waals surface area contributed by atoms with Crippen molar-refractivity contribution in [1.29, 1.82) is 0 Å². The lowest BCUT2D eigenvalue weighted by Gasteiger charge is -2.21. The molecule has 2 saturated carbocycles. The highest BCUT2D eigenvalue weighted by atomic mass is 14.9. The number of hydrogen-bond acceptors (Lipinski definition) is 1. The first-order chi connectivity index (χ1) is 6.29. The Morgan fingerprint density at radius 2 is 1.62 bits per heavy atom. The molecule has 72 valence electrons. The first-order valence-corrected chi connectivity index (χ1v) is 5.67. The van der Waals surface area contributed by atoms with Crippen LogP contribution in [-0.4, -0.2) is 13.1 Å². The van der Waals surface area contributed by atoms with Crippen molar-refractivity contribution < 1.29 is 0 Å². The van der Waals surface area contributed by atoms with Gasteiger partial charge < -0.3 is 5.32 Å². The molecule has 1 saturated heterocycles. The van der Waals surface area contributed by atoms with Crippen LogP contribution in [-0.2, 0) is 0 Å². The van der Waals surface area contributed by atoms with Crippen LogP contribution in [0.5, 0.6) is 0 Å². The maximum absolute atomic E-state index is 3.56. The first kappa shape index (κ1) is 8.05. The van der Waals surface area contributed by atoms with Gasteiger partial charge in [-0.1, -0.05) is 11.1 Å². The highest BCUT2D eigenvalue weighted by Crippen LogP contribution is 2.57. The minimum atomic E-state index is 0.968. The van der Waals surface area contributed by atoms with Gasteiger partial charge in [0.15, 0.2) is 0 Å². The highest BCUT2D eigenvalue weighted by molar-refractivity contribution is 5.29. The maximum atomic E-state index is 3.56. The van der Waals surface area contributed by atoms with Crippen molar-refractivity contribution in [2.75, 3.05) is 13.1 Å². The fraction of sp³-hybridized carbons (Fsp3) is 0.833. The Morgan fingerprint density at radius 3 is 2.08 bits per heavy atom. The van der Waals surface area contributed by atoms with Gasteiger partial charge in [0.05, 0.1) is 0 Å². The van der Waals surface area contributed by atoms with Crippen molar-refractivity contribution in [3.63, 3.8) is 0 Å². The summed E-state index contributed by atoms with van der Waals surface area (Å²) in [6.45, 7) is 7.22. The molecule has 3 fully saturated rings. The van der Waals surface area contributed by atoms with Gasteiger partial charge in [0.1, 0.15) is 0 Å². The monoisotopic (exact) mass is 177 g/mol. The van der Waals surface area contributed by atoms with Gasteiger partial charge >= 0.3 is 0 Å². The molecule has 0 unspecified atom stereocenters. The van der Waals surface area contributed by atoms with Gasteiger partial charge in [-0.2, -0.15) is 0 Å². The average molecular weight is 177 g/mol. The molecule has 1 heteroatoms. The summed E-state index contributed by atoms with van der Waals surface area (Å²) in [6, 6.07) is 0. The van der Waals surface area contributed by atoms with Gasteiger partial charge in [-0.25, -0.2) is 0 Å². The summed E-state index contributed by atoms with van der Waals surface area (Å²) < 4.78 is 0. The second kappa shape index (κ2) is 2.60. The Bertz CT molecular complexity index is 242. The van der Waals surface area contributed by atoms with Crippen LogP contribution in [0.4, 0.5) is 0 Å². The van der Waals surface area contributed by atoms with Crippen LogP contribution in [0.25, 0.3) is 0 Å². The zero-order chi connectivity index (χ0) is 9.00. The van der Waals surface area contributed by atoms with Crippen LogP contribution >= 0.6 is 0 Å². The van der Waals surface area contributed by atoms with E-state index in [1.807, 2.05) is 5.57 Å². The van der Waals surface area contributed by atoms with Crippen molar-refractivity contribution in [3.8, 4) is 0 Å². The van der Waals surface area contributed by atoms with Crippen LogP contribution < -0.4 is 5.32 Å². The molecule has 1 nitrogen and oxygen atoms in total. The van der Waals surface area contributed by atoms with Gasteiger partial charge in [-0.15, -0.1) is 0 Å². The lowest BCUT2D eigenvalue weighted by molar-refractivity contribution is 0.281. The molecule has 2 bridgehead atoms. The molecule has 4 atom stereocenters. The molecule has 3 aliphatic rings. The lowest BCUT2D eigenvalue weighted by Crippen LogP contribution is -2.19. The molecule has 3 rings (SSSR count). The van der Waals surface area contributed by atoms with Crippen molar-refractivity contribution in [1.82, 2.24) is 5.32 Å². The fourth-order valence-electron chi connectivity index (χ4n) is 4.18. The van der Waals surface area contributed by atoms with Crippen LogP contribution in [0.1, 0.15) is 26.7 Å². The number of rotatable bonds is 0. The Labute approximate surface area is 80.6 Å². The zero-order valence-electron chi connectivity index (χ0n) is 8.64. The van der Waals surface area contributed by atoms with Gasteiger partial charge in [0.25, 0.3) is 0 Å². The van der Waals surface area contributed by atoms with Crippen molar-refractivity contribution >= 4 is 0 Å². The summed E-state index contributed by atoms with van der Waals surface area (Å²) in [5, 5.41) is 3.56. The fourth-order valence-corrected chi connectivity index (χ4v) is 4.18. The minimum Gasteiger partial charge on any atom is -0.316 e. The molecule has 13 heavy (non-hydrogen) atoms. The molecule has 1 aliphatic heterocycles. The molecule has 0 radical (unpaired) electrons. The summed E-state index contributed by atoms with van der Waals surface area (Å²) in [6.07, 6.45) is 2.96. The normalized spacial score (nSPS) is 47.1. The van der Waals surface area contributed by atoms with E-state index >= 15 is 0 Å². The quantitative estimate of drug-likeness (QED) is 0.559. The maximum Gasteiger partial charge on any atom is -0.00113 e. The molecular weight excluding hydrogens is 158 g/mol. The Hall–Kier alpha value is -0.300. The summed E-state index contributed by atoms with van der Waals surface area (Å²) in [5.74, 6) is 3.94. The SMILES string of the molecule is CC(C)=C1[C@H]2CC[C@@H]1[C@H]1CNC[C@H]12. The molecule has 0 amide bonds. The van der Waals surface area contributed by atoms with Gasteiger partial charge in [0, 0.05) is 0 Å². The third-order valence-electron chi connectivity index (χ3n) is 4.51. The van der Waals surface area contributed by atoms with Gasteiger partial charge in [-0.05, 0) is 63.5 Å². The molecule has 1 heterocycles. The predicted molar refractivity (Wildman–Crippen MR) is 54.4 cm³/mol. The molecule has 0 spiro atoms. The third-order valence-corrected chi connectivity index (χ3v) is 4.51. The van der Waals surface area contributed by atoms with E-state index in [9.17, 15) is 0 Å². The highest BCUT2D eigenvalue weighted by Gasteiger charge is 2.52. The number of fused-ring (bicyclic) bond motifs is 5. The van der Waals surface area contributed by atoms with E-state index in [4.69, 9.17) is 0 Å². The van der Waals surface area contributed by atoms with Crippen molar-refractivity contribution in [3.05, 3.63) is 11.1 Å². The summed E-state index contributed by atoms with van der Waals surface area (Å²) in [4.78, 5) is 0. The molecule has 2 aliphatic carbocycles. The molecule has 1 N–H and O–H groups in total. The second-order valence-electron chi connectivity index (χ2n) is 5.23. The lowest BCUT2D eigenvalue weighted by atomic mass is 9.82. The van der Waals surface area contributed by atoms with E-state index in [1.54, 1.807) is 5.57 Å². The second-order valence-corrected chi connectivity index (χ2v) is 5.23. The number of nitrogens with one attached hydrogen (secondary N) is 1. The molecular formula is C12H19N. The summed E-state index contributed by atoms with van der Waals surface area (Å²) >= 11 is 0. The third kappa shape index (κ3) is 0.914. The van der Waals surface area contributed by atoms with E-state index in [2.05, 4.69) is 19.2 Å². The first-order valence-electron chi connectivity index (χ1n) is 5.67. The molecule has 0 aromatic carbocycles. The summed E-state index contributed by atoms with van der Waals surface area (Å²) in [5.41, 5.74) is 3.48. The number of allylic oxidation sites excluding steroid dienone is 2.